The van der Waals surface area contributed by atoms with Gasteiger partial charge in [-0.3, -0.25) is 9.78 Å². The van der Waals surface area contributed by atoms with Gasteiger partial charge in [0.25, 0.3) is 5.91 Å². The maximum atomic E-state index is 14.2. The number of alkyl halides is 3. The first-order valence-electron chi connectivity index (χ1n) is 13.0. The second kappa shape index (κ2) is 8.96. The predicted octanol–water partition coefficient (Wildman–Crippen LogP) is 6.24. The van der Waals surface area contributed by atoms with E-state index in [1.54, 1.807) is 18.2 Å². The van der Waals surface area contributed by atoms with Gasteiger partial charge < -0.3 is 5.32 Å². The van der Waals surface area contributed by atoms with Gasteiger partial charge in [0, 0.05) is 29.8 Å². The minimum Gasteiger partial charge on any atom is -0.348 e. The van der Waals surface area contributed by atoms with Crippen LogP contribution in [-0.2, 0) is 6.42 Å². The molecule has 8 heteroatoms. The number of aromatic nitrogens is 3. The van der Waals surface area contributed by atoms with Crippen LogP contribution in [0.3, 0.4) is 0 Å². The lowest BCUT2D eigenvalue weighted by Crippen LogP contribution is -2.55. The van der Waals surface area contributed by atoms with Crippen LogP contribution in [0.25, 0.3) is 11.8 Å². The van der Waals surface area contributed by atoms with Crippen LogP contribution in [0.1, 0.15) is 53.4 Å². The predicted molar refractivity (Wildman–Crippen MR) is 139 cm³/mol. The van der Waals surface area contributed by atoms with Crippen molar-refractivity contribution >= 4 is 12.0 Å². The molecule has 6 rings (SSSR count). The number of nitrogens with one attached hydrogen (secondary N) is 1. The molecule has 1 aromatic carbocycles. The lowest BCUT2D eigenvalue weighted by molar-refractivity contribution is -0.186. The molecule has 0 saturated heterocycles. The molecule has 1 saturated carbocycles. The quantitative estimate of drug-likeness (QED) is 0.418. The Balaban J connectivity index is 1.35. The molecule has 196 valence electrons. The summed E-state index contributed by atoms with van der Waals surface area (Å²) in [7, 11) is 0. The first kappa shape index (κ1) is 24.6. The van der Waals surface area contributed by atoms with Crippen molar-refractivity contribution in [2.24, 2.45) is 17.3 Å². The summed E-state index contributed by atoms with van der Waals surface area (Å²) in [6, 6.07) is 10.3. The van der Waals surface area contributed by atoms with E-state index >= 15 is 0 Å². The van der Waals surface area contributed by atoms with Gasteiger partial charge in [-0.2, -0.15) is 18.3 Å². The van der Waals surface area contributed by atoms with Crippen molar-refractivity contribution in [3.05, 3.63) is 94.6 Å². The van der Waals surface area contributed by atoms with Crippen LogP contribution in [0, 0.1) is 24.2 Å². The molecule has 3 aliphatic carbocycles. The van der Waals surface area contributed by atoms with Gasteiger partial charge in [-0.05, 0) is 68.5 Å². The molecule has 38 heavy (non-hydrogen) atoms. The first-order chi connectivity index (χ1) is 18.1. The monoisotopic (exact) mass is 518 g/mol. The maximum Gasteiger partial charge on any atom is 0.394 e. The molecule has 0 aliphatic heterocycles. The number of nitrogens with zero attached hydrogens (tertiary/aromatic N) is 3. The van der Waals surface area contributed by atoms with E-state index < -0.39 is 35.4 Å². The van der Waals surface area contributed by atoms with Gasteiger partial charge in [0.1, 0.15) is 0 Å². The van der Waals surface area contributed by atoms with Crippen LogP contribution in [0.2, 0.25) is 0 Å². The van der Waals surface area contributed by atoms with Crippen molar-refractivity contribution in [1.29, 1.82) is 0 Å². The van der Waals surface area contributed by atoms with Crippen molar-refractivity contribution < 1.29 is 18.0 Å². The molecule has 1 amide bonds. The van der Waals surface area contributed by atoms with E-state index in [0.29, 0.717) is 19.3 Å². The van der Waals surface area contributed by atoms with Crippen LogP contribution >= 0.6 is 0 Å². The van der Waals surface area contributed by atoms with Crippen LogP contribution in [0.5, 0.6) is 0 Å². The summed E-state index contributed by atoms with van der Waals surface area (Å²) in [6.45, 7) is 4.18. The second-order valence-electron chi connectivity index (χ2n) is 10.9. The average Bonchev–Trinajstić information content (AvgIpc) is 3.29. The molecule has 3 aliphatic rings. The number of carbonyl (C=O) groups excluding carboxylic acids is 1. The van der Waals surface area contributed by atoms with Crippen LogP contribution in [0.15, 0.2) is 72.2 Å². The van der Waals surface area contributed by atoms with Crippen LogP contribution in [-0.4, -0.2) is 32.9 Å². The third-order valence-corrected chi connectivity index (χ3v) is 8.59. The number of aryl methyl sites for hydroxylation is 1. The van der Waals surface area contributed by atoms with Crippen molar-refractivity contribution in [3.63, 3.8) is 0 Å². The number of benzene rings is 1. The van der Waals surface area contributed by atoms with Crippen molar-refractivity contribution in [3.8, 4) is 5.69 Å². The Kier molecular flexibility index (Phi) is 5.81. The number of carbonyl (C=O) groups is 1. The van der Waals surface area contributed by atoms with Crippen LogP contribution in [0.4, 0.5) is 13.2 Å². The van der Waals surface area contributed by atoms with Gasteiger partial charge in [-0.25, -0.2) is 4.68 Å². The Morgan fingerprint density at radius 1 is 1.16 bits per heavy atom. The summed E-state index contributed by atoms with van der Waals surface area (Å²) in [5.41, 5.74) is 6.32. The molecular formula is C30H29F3N4O. The molecule has 0 spiro atoms. The molecule has 1 N–H and O–H groups in total. The minimum atomic E-state index is -4.42. The third kappa shape index (κ3) is 4.06. The summed E-state index contributed by atoms with van der Waals surface area (Å²) in [5, 5.41) is 7.44. The maximum absolute atomic E-state index is 14.2. The van der Waals surface area contributed by atoms with E-state index in [2.05, 4.69) is 40.5 Å². The number of halogens is 3. The fourth-order valence-electron chi connectivity index (χ4n) is 6.60. The molecule has 0 bridgehead atoms. The fraction of sp³-hybridized carbons (Fsp3) is 0.367. The Morgan fingerprint density at radius 3 is 2.66 bits per heavy atom. The van der Waals surface area contributed by atoms with Gasteiger partial charge in [0.15, 0.2) is 0 Å². The Hall–Kier alpha value is -3.68. The molecule has 3 aromatic rings. The van der Waals surface area contributed by atoms with Crippen molar-refractivity contribution in [1.82, 2.24) is 20.1 Å². The molecule has 0 radical (unpaired) electrons. The average molecular weight is 519 g/mol. The number of fused-ring (bicyclic) bond motifs is 4. The van der Waals surface area contributed by atoms with E-state index in [4.69, 9.17) is 0 Å². The zero-order chi connectivity index (χ0) is 26.7. The smallest absolute Gasteiger partial charge is 0.348 e. The highest BCUT2D eigenvalue weighted by Crippen LogP contribution is 2.57. The minimum absolute atomic E-state index is 0.147. The molecular weight excluding hydrogens is 489 g/mol. The standard InChI is InChI=1S/C30H29F3N4O/c1-18-5-8-22(9-6-18)37-26-14-21-7-10-23-24(29(21,2)15-20(26)17-35-37)11-12-25(30(31,32)33)27(23)36-28(38)19-4-3-13-34-16-19/h3-6,8-9,11,13-14,16-17,23,25,27H,7,10,12,15H2,1-2H3,(H,36,38)/t23-,25+,27+,29-/m0/s1. The summed E-state index contributed by atoms with van der Waals surface area (Å²) in [6.07, 6.45) is 6.10. The summed E-state index contributed by atoms with van der Waals surface area (Å²) in [4.78, 5) is 16.9. The third-order valence-electron chi connectivity index (χ3n) is 8.59. The number of allylic oxidation sites excluding steroid dienone is 2. The van der Waals surface area contributed by atoms with Crippen molar-refractivity contribution in [2.45, 2.75) is 51.7 Å². The number of rotatable bonds is 3. The van der Waals surface area contributed by atoms with Gasteiger partial charge >= 0.3 is 6.18 Å². The van der Waals surface area contributed by atoms with Crippen LogP contribution < -0.4 is 5.32 Å². The highest BCUT2D eigenvalue weighted by Gasteiger charge is 2.54. The molecule has 2 heterocycles. The lowest BCUT2D eigenvalue weighted by Gasteiger charge is -2.51. The molecule has 2 aromatic heterocycles. The Bertz CT molecular complexity index is 1440. The highest BCUT2D eigenvalue weighted by molar-refractivity contribution is 5.94. The van der Waals surface area contributed by atoms with Gasteiger partial charge in [-0.1, -0.05) is 41.8 Å². The zero-order valence-corrected chi connectivity index (χ0v) is 21.3. The number of amides is 1. The zero-order valence-electron chi connectivity index (χ0n) is 21.3. The summed E-state index contributed by atoms with van der Waals surface area (Å²) < 4.78 is 44.6. The SMILES string of the molecule is Cc1ccc(-n2ncc3c2C=C2CC[C@H]4C(=CC[C@@H](C(F)(F)F)[C@@H]4NC(=O)c4cccnc4)[C@@]2(C)C3)cc1. The van der Waals surface area contributed by atoms with E-state index in [9.17, 15) is 18.0 Å². The fourth-order valence-corrected chi connectivity index (χ4v) is 6.60. The van der Waals surface area contributed by atoms with Crippen molar-refractivity contribution in [2.75, 3.05) is 0 Å². The molecule has 5 nitrogen and oxygen atoms in total. The normalized spacial score (nSPS) is 26.4. The molecule has 0 unspecified atom stereocenters. The molecule has 4 atom stereocenters. The highest BCUT2D eigenvalue weighted by atomic mass is 19.4. The van der Waals surface area contributed by atoms with Gasteiger partial charge in [-0.15, -0.1) is 0 Å². The van der Waals surface area contributed by atoms with Gasteiger partial charge in [0.2, 0.25) is 0 Å². The van der Waals surface area contributed by atoms with Gasteiger partial charge in [0.05, 0.1) is 29.1 Å². The number of hydrogen-bond acceptors (Lipinski definition) is 3. The Labute approximate surface area is 219 Å². The lowest BCUT2D eigenvalue weighted by atomic mass is 9.55. The topological polar surface area (TPSA) is 59.8 Å². The molecule has 1 fully saturated rings. The second-order valence-corrected chi connectivity index (χ2v) is 10.9. The summed E-state index contributed by atoms with van der Waals surface area (Å²) >= 11 is 0. The van der Waals surface area contributed by atoms with E-state index in [-0.39, 0.29) is 12.0 Å². The van der Waals surface area contributed by atoms with E-state index in [0.717, 1.165) is 22.5 Å². The van der Waals surface area contributed by atoms with E-state index in [1.807, 2.05) is 29.9 Å². The van der Waals surface area contributed by atoms with E-state index in [1.165, 1.54) is 23.5 Å². The summed E-state index contributed by atoms with van der Waals surface area (Å²) in [5.74, 6) is -2.54. The largest absolute Gasteiger partial charge is 0.394 e. The first-order valence-corrected chi connectivity index (χ1v) is 13.0. The Morgan fingerprint density at radius 2 is 1.95 bits per heavy atom. The number of pyridine rings is 1. The number of hydrogen-bond donors (Lipinski definition) is 1.